The SMILES string of the molecule is CN=C(NCCOc1ccc(C)cc1)NCc1ccnc(OCC2CC2)c1. The Balaban J connectivity index is 1.37. The van der Waals surface area contributed by atoms with E-state index in [4.69, 9.17) is 9.47 Å². The fourth-order valence-electron chi connectivity index (χ4n) is 2.51. The average molecular weight is 368 g/mol. The summed E-state index contributed by atoms with van der Waals surface area (Å²) < 4.78 is 11.4. The first kappa shape index (κ1) is 19.0. The lowest BCUT2D eigenvalue weighted by Crippen LogP contribution is -2.38. The van der Waals surface area contributed by atoms with Crippen LogP contribution in [0, 0.1) is 12.8 Å². The molecule has 1 aromatic heterocycles. The maximum atomic E-state index is 5.73. The van der Waals surface area contributed by atoms with Crippen molar-refractivity contribution in [1.29, 1.82) is 0 Å². The molecule has 144 valence electrons. The third kappa shape index (κ3) is 6.81. The minimum absolute atomic E-state index is 0.568. The maximum Gasteiger partial charge on any atom is 0.213 e. The summed E-state index contributed by atoms with van der Waals surface area (Å²) in [6.45, 7) is 4.72. The van der Waals surface area contributed by atoms with Crippen molar-refractivity contribution in [2.24, 2.45) is 10.9 Å². The fourth-order valence-corrected chi connectivity index (χ4v) is 2.51. The standard InChI is InChI=1S/C21H28N4O2/c1-16-3-7-19(8-4-16)26-12-11-24-21(22-2)25-14-18-9-10-23-20(13-18)27-15-17-5-6-17/h3-4,7-10,13,17H,5-6,11-12,14-15H2,1-2H3,(H2,22,24,25). The zero-order chi connectivity index (χ0) is 18.9. The van der Waals surface area contributed by atoms with Crippen LogP contribution in [-0.2, 0) is 6.54 Å². The molecule has 0 radical (unpaired) electrons. The molecule has 0 atom stereocenters. The van der Waals surface area contributed by atoms with Gasteiger partial charge in [-0.25, -0.2) is 4.98 Å². The number of hydrogen-bond acceptors (Lipinski definition) is 4. The third-order valence-corrected chi connectivity index (χ3v) is 4.33. The largest absolute Gasteiger partial charge is 0.492 e. The van der Waals surface area contributed by atoms with Gasteiger partial charge in [-0.2, -0.15) is 0 Å². The van der Waals surface area contributed by atoms with Crippen LogP contribution >= 0.6 is 0 Å². The van der Waals surface area contributed by atoms with E-state index in [1.54, 1.807) is 13.2 Å². The van der Waals surface area contributed by atoms with Crippen molar-refractivity contribution in [3.05, 3.63) is 53.7 Å². The highest BCUT2D eigenvalue weighted by Gasteiger charge is 2.22. The molecule has 27 heavy (non-hydrogen) atoms. The Kier molecular flexibility index (Phi) is 6.90. The highest BCUT2D eigenvalue weighted by Crippen LogP contribution is 2.29. The molecule has 0 bridgehead atoms. The first-order chi connectivity index (χ1) is 13.2. The van der Waals surface area contributed by atoms with E-state index in [0.717, 1.165) is 29.8 Å². The van der Waals surface area contributed by atoms with Crippen molar-refractivity contribution in [3.63, 3.8) is 0 Å². The Bertz CT molecular complexity index is 742. The summed E-state index contributed by atoms with van der Waals surface area (Å²) in [5, 5.41) is 6.55. The van der Waals surface area contributed by atoms with E-state index < -0.39 is 0 Å². The molecule has 6 heteroatoms. The molecule has 1 aromatic carbocycles. The minimum atomic E-state index is 0.568. The monoisotopic (exact) mass is 368 g/mol. The number of nitrogens with one attached hydrogen (secondary N) is 2. The van der Waals surface area contributed by atoms with Crippen LogP contribution < -0.4 is 20.1 Å². The number of ether oxygens (including phenoxy) is 2. The van der Waals surface area contributed by atoms with E-state index in [1.165, 1.54) is 18.4 Å². The molecule has 6 nitrogen and oxygen atoms in total. The van der Waals surface area contributed by atoms with Gasteiger partial charge in [0.15, 0.2) is 5.96 Å². The van der Waals surface area contributed by atoms with Crippen LogP contribution in [0.15, 0.2) is 47.6 Å². The number of pyridine rings is 1. The summed E-state index contributed by atoms with van der Waals surface area (Å²) in [5.74, 6) is 3.02. The number of aliphatic imine (C=N–C) groups is 1. The Morgan fingerprint density at radius 1 is 1.15 bits per heavy atom. The highest BCUT2D eigenvalue weighted by atomic mass is 16.5. The summed E-state index contributed by atoms with van der Waals surface area (Å²) in [4.78, 5) is 8.51. The molecular weight excluding hydrogens is 340 g/mol. The number of hydrogen-bond donors (Lipinski definition) is 2. The molecule has 1 aliphatic carbocycles. The van der Waals surface area contributed by atoms with Crippen molar-refractivity contribution >= 4 is 5.96 Å². The van der Waals surface area contributed by atoms with Gasteiger partial charge in [0.25, 0.3) is 0 Å². The molecule has 0 unspecified atom stereocenters. The molecule has 0 saturated heterocycles. The number of aryl methyl sites for hydroxylation is 1. The zero-order valence-electron chi connectivity index (χ0n) is 16.1. The number of rotatable bonds is 9. The van der Waals surface area contributed by atoms with Crippen LogP contribution in [0.25, 0.3) is 0 Å². The van der Waals surface area contributed by atoms with Crippen molar-refractivity contribution in [2.75, 3.05) is 26.8 Å². The first-order valence-corrected chi connectivity index (χ1v) is 9.44. The van der Waals surface area contributed by atoms with Gasteiger partial charge in [0.1, 0.15) is 12.4 Å². The van der Waals surface area contributed by atoms with Gasteiger partial charge in [0.05, 0.1) is 13.2 Å². The molecule has 3 rings (SSSR count). The minimum Gasteiger partial charge on any atom is -0.492 e. The normalized spacial score (nSPS) is 13.9. The lowest BCUT2D eigenvalue weighted by atomic mass is 10.2. The van der Waals surface area contributed by atoms with Crippen LogP contribution in [0.2, 0.25) is 0 Å². The van der Waals surface area contributed by atoms with E-state index in [0.29, 0.717) is 25.6 Å². The number of aromatic nitrogens is 1. The lowest BCUT2D eigenvalue weighted by Gasteiger charge is -2.13. The predicted octanol–water partition coefficient (Wildman–Crippen LogP) is 2.92. The Morgan fingerprint density at radius 3 is 2.70 bits per heavy atom. The van der Waals surface area contributed by atoms with E-state index in [2.05, 4.69) is 27.5 Å². The van der Waals surface area contributed by atoms with Crippen molar-refractivity contribution in [1.82, 2.24) is 15.6 Å². The van der Waals surface area contributed by atoms with Gasteiger partial charge in [-0.15, -0.1) is 0 Å². The molecule has 2 aromatic rings. The summed E-state index contributed by atoms with van der Waals surface area (Å²) in [7, 11) is 1.76. The van der Waals surface area contributed by atoms with Gasteiger partial charge >= 0.3 is 0 Å². The summed E-state index contributed by atoms with van der Waals surface area (Å²) in [6.07, 6.45) is 4.33. The molecular formula is C21H28N4O2. The van der Waals surface area contributed by atoms with E-state index in [1.807, 2.05) is 36.4 Å². The average Bonchev–Trinajstić information content (AvgIpc) is 3.52. The van der Waals surface area contributed by atoms with Gasteiger partial charge in [-0.05, 0) is 49.4 Å². The molecule has 2 N–H and O–H groups in total. The van der Waals surface area contributed by atoms with Crippen LogP contribution in [-0.4, -0.2) is 37.7 Å². The molecule has 1 heterocycles. The second kappa shape index (κ2) is 9.80. The van der Waals surface area contributed by atoms with Crippen molar-refractivity contribution in [2.45, 2.75) is 26.3 Å². The predicted molar refractivity (Wildman–Crippen MR) is 107 cm³/mol. The number of benzene rings is 1. The second-order valence-electron chi connectivity index (χ2n) is 6.77. The summed E-state index contributed by atoms with van der Waals surface area (Å²) in [6, 6.07) is 12.0. The Morgan fingerprint density at radius 2 is 1.96 bits per heavy atom. The molecule has 0 amide bonds. The van der Waals surface area contributed by atoms with E-state index >= 15 is 0 Å². The Hall–Kier alpha value is -2.76. The van der Waals surface area contributed by atoms with Crippen LogP contribution in [0.3, 0.4) is 0 Å². The van der Waals surface area contributed by atoms with Gasteiger partial charge in [0, 0.05) is 25.9 Å². The number of guanidine groups is 1. The number of nitrogens with zero attached hydrogens (tertiary/aromatic N) is 2. The molecule has 1 aliphatic rings. The molecule has 0 aliphatic heterocycles. The topological polar surface area (TPSA) is 67.8 Å². The Labute approximate surface area is 161 Å². The van der Waals surface area contributed by atoms with Gasteiger partial charge in [-0.1, -0.05) is 17.7 Å². The fraction of sp³-hybridized carbons (Fsp3) is 0.429. The van der Waals surface area contributed by atoms with Crippen LogP contribution in [0.5, 0.6) is 11.6 Å². The second-order valence-corrected chi connectivity index (χ2v) is 6.77. The highest BCUT2D eigenvalue weighted by molar-refractivity contribution is 5.79. The molecule has 1 saturated carbocycles. The third-order valence-electron chi connectivity index (χ3n) is 4.33. The quantitative estimate of drug-likeness (QED) is 0.405. The van der Waals surface area contributed by atoms with Crippen molar-refractivity contribution < 1.29 is 9.47 Å². The van der Waals surface area contributed by atoms with E-state index in [-0.39, 0.29) is 0 Å². The van der Waals surface area contributed by atoms with Gasteiger partial charge < -0.3 is 20.1 Å². The van der Waals surface area contributed by atoms with E-state index in [9.17, 15) is 0 Å². The lowest BCUT2D eigenvalue weighted by molar-refractivity contribution is 0.288. The first-order valence-electron chi connectivity index (χ1n) is 9.44. The molecule has 1 fully saturated rings. The maximum absolute atomic E-state index is 5.73. The smallest absolute Gasteiger partial charge is 0.213 e. The summed E-state index contributed by atoms with van der Waals surface area (Å²) in [5.41, 5.74) is 2.33. The van der Waals surface area contributed by atoms with Crippen LogP contribution in [0.4, 0.5) is 0 Å². The summed E-state index contributed by atoms with van der Waals surface area (Å²) >= 11 is 0. The van der Waals surface area contributed by atoms with Crippen LogP contribution in [0.1, 0.15) is 24.0 Å². The zero-order valence-corrected chi connectivity index (χ0v) is 16.1. The van der Waals surface area contributed by atoms with Crippen molar-refractivity contribution in [3.8, 4) is 11.6 Å². The van der Waals surface area contributed by atoms with Gasteiger partial charge in [0.2, 0.25) is 5.88 Å². The molecule has 0 spiro atoms. The van der Waals surface area contributed by atoms with Gasteiger partial charge in [-0.3, -0.25) is 4.99 Å².